The Labute approximate surface area is 225 Å². The molecule has 0 unspecified atom stereocenters. The van der Waals surface area contributed by atoms with Crippen molar-refractivity contribution in [2.45, 2.75) is 109 Å². The van der Waals surface area contributed by atoms with Crippen LogP contribution in [-0.4, -0.2) is 34.5 Å². The molecular weight excluding hydrogens is 485 g/mol. The number of carbonyl (C=O) groups excluding carboxylic acids is 1. The SMILES string of the molecule is C=CCOc1ccc(C[C@@H](CP(=O)(O)O)NC(=O)CCCCCCCC=CCCCCCCCC)cc1. The molecule has 37 heavy (non-hydrogen) atoms. The summed E-state index contributed by atoms with van der Waals surface area (Å²) in [5.74, 6) is 0.547. The number of amides is 1. The first-order valence-electron chi connectivity index (χ1n) is 14.2. The minimum Gasteiger partial charge on any atom is -0.490 e. The molecule has 0 aliphatic heterocycles. The lowest BCUT2D eigenvalue weighted by Gasteiger charge is -2.20. The second kappa shape index (κ2) is 21.1. The molecule has 1 amide bonds. The number of ether oxygens (including phenoxy) is 1. The summed E-state index contributed by atoms with van der Waals surface area (Å²) in [4.78, 5) is 31.4. The monoisotopic (exact) mass is 535 g/mol. The van der Waals surface area contributed by atoms with Gasteiger partial charge in [0.05, 0.1) is 6.16 Å². The third-order valence-electron chi connectivity index (χ3n) is 6.26. The van der Waals surface area contributed by atoms with Crippen LogP contribution in [0.5, 0.6) is 5.75 Å². The molecule has 6 nitrogen and oxygen atoms in total. The van der Waals surface area contributed by atoms with Gasteiger partial charge in [0, 0.05) is 12.5 Å². The molecule has 1 aromatic carbocycles. The van der Waals surface area contributed by atoms with Gasteiger partial charge in [-0.3, -0.25) is 9.36 Å². The molecule has 0 aromatic heterocycles. The van der Waals surface area contributed by atoms with Gasteiger partial charge in [-0.25, -0.2) is 0 Å². The Morgan fingerprint density at radius 2 is 1.51 bits per heavy atom. The van der Waals surface area contributed by atoms with Crippen molar-refractivity contribution >= 4 is 13.5 Å². The van der Waals surface area contributed by atoms with Gasteiger partial charge in [0.1, 0.15) is 12.4 Å². The van der Waals surface area contributed by atoms with Gasteiger partial charge in [0.2, 0.25) is 5.91 Å². The summed E-state index contributed by atoms with van der Waals surface area (Å²) in [6.45, 7) is 6.27. The summed E-state index contributed by atoms with van der Waals surface area (Å²) in [6.07, 6.45) is 22.2. The zero-order chi connectivity index (χ0) is 27.2. The van der Waals surface area contributed by atoms with Gasteiger partial charge in [0.15, 0.2) is 0 Å². The summed E-state index contributed by atoms with van der Waals surface area (Å²) in [6, 6.07) is 6.69. The maximum atomic E-state index is 12.4. The number of hydrogen-bond acceptors (Lipinski definition) is 3. The van der Waals surface area contributed by atoms with Gasteiger partial charge in [-0.05, 0) is 56.2 Å². The third-order valence-corrected chi connectivity index (χ3v) is 7.18. The van der Waals surface area contributed by atoms with Crippen LogP contribution in [0.2, 0.25) is 0 Å². The van der Waals surface area contributed by atoms with Gasteiger partial charge in [-0.2, -0.15) is 0 Å². The number of rotatable bonds is 23. The largest absolute Gasteiger partial charge is 0.490 e. The lowest BCUT2D eigenvalue weighted by molar-refractivity contribution is -0.121. The number of carbonyl (C=O) groups is 1. The van der Waals surface area contributed by atoms with Crippen LogP contribution in [0.15, 0.2) is 49.1 Å². The molecule has 0 aliphatic rings. The summed E-state index contributed by atoms with van der Waals surface area (Å²) in [5, 5.41) is 2.84. The third kappa shape index (κ3) is 19.8. The van der Waals surface area contributed by atoms with Crippen molar-refractivity contribution in [3.8, 4) is 5.75 Å². The molecule has 1 atom stereocenters. The highest BCUT2D eigenvalue weighted by Gasteiger charge is 2.23. The highest BCUT2D eigenvalue weighted by Crippen LogP contribution is 2.35. The maximum absolute atomic E-state index is 12.4. The van der Waals surface area contributed by atoms with Crippen molar-refractivity contribution < 1.29 is 23.9 Å². The van der Waals surface area contributed by atoms with E-state index >= 15 is 0 Å². The smallest absolute Gasteiger partial charge is 0.327 e. The van der Waals surface area contributed by atoms with Crippen LogP contribution in [0.4, 0.5) is 0 Å². The molecule has 0 saturated heterocycles. The Hall–Kier alpha value is -1.88. The Morgan fingerprint density at radius 3 is 2.08 bits per heavy atom. The molecule has 3 N–H and O–H groups in total. The molecule has 0 saturated carbocycles. The molecule has 7 heteroatoms. The van der Waals surface area contributed by atoms with Crippen molar-refractivity contribution in [2.24, 2.45) is 0 Å². The molecule has 0 bridgehead atoms. The summed E-state index contributed by atoms with van der Waals surface area (Å²) in [5.41, 5.74) is 0.880. The van der Waals surface area contributed by atoms with Crippen molar-refractivity contribution in [3.63, 3.8) is 0 Å². The second-order valence-corrected chi connectivity index (χ2v) is 11.6. The fourth-order valence-corrected chi connectivity index (χ4v) is 5.06. The summed E-state index contributed by atoms with van der Waals surface area (Å²) < 4.78 is 17.1. The van der Waals surface area contributed by atoms with Gasteiger partial charge in [0.25, 0.3) is 0 Å². The Morgan fingerprint density at radius 1 is 0.946 bits per heavy atom. The fourth-order valence-electron chi connectivity index (χ4n) is 4.27. The maximum Gasteiger partial charge on any atom is 0.327 e. The van der Waals surface area contributed by atoms with E-state index in [1.165, 1.54) is 51.4 Å². The lowest BCUT2D eigenvalue weighted by Crippen LogP contribution is -2.39. The number of benzene rings is 1. The fraction of sp³-hybridized carbons (Fsp3) is 0.633. The van der Waals surface area contributed by atoms with Crippen LogP contribution in [-0.2, 0) is 15.8 Å². The standard InChI is InChI=1S/C30H50NO5P/c1-3-5-6-7-8-9-10-11-12-13-14-15-16-17-18-19-30(32)31-28(26-37(33,34)35)25-27-20-22-29(23-21-27)36-24-4-2/h4,11-12,20-23,28H,2-3,5-10,13-19,24-26H2,1H3,(H,31,32)(H2,33,34,35)/t28-/m0/s1. The van der Waals surface area contributed by atoms with E-state index < -0.39 is 13.6 Å². The normalized spacial score (nSPS) is 12.5. The number of allylic oxidation sites excluding steroid dienone is 2. The van der Waals surface area contributed by atoms with Crippen LogP contribution < -0.4 is 10.1 Å². The number of hydrogen-bond donors (Lipinski definition) is 3. The van der Waals surface area contributed by atoms with E-state index in [0.717, 1.165) is 37.7 Å². The van der Waals surface area contributed by atoms with Crippen LogP contribution in [0.1, 0.15) is 102 Å². The second-order valence-electron chi connectivity index (χ2n) is 9.89. The first-order valence-corrected chi connectivity index (χ1v) is 16.0. The topological polar surface area (TPSA) is 95.9 Å². The molecule has 1 aromatic rings. The molecule has 0 heterocycles. The molecule has 0 radical (unpaired) electrons. The van der Waals surface area contributed by atoms with Crippen LogP contribution >= 0.6 is 7.60 Å². The van der Waals surface area contributed by atoms with E-state index in [1.807, 2.05) is 12.1 Å². The zero-order valence-electron chi connectivity index (χ0n) is 22.9. The highest BCUT2D eigenvalue weighted by molar-refractivity contribution is 7.51. The van der Waals surface area contributed by atoms with Crippen molar-refractivity contribution in [1.82, 2.24) is 5.32 Å². The quantitative estimate of drug-likeness (QED) is 0.0766. The van der Waals surface area contributed by atoms with Gasteiger partial charge >= 0.3 is 7.60 Å². The molecule has 0 aliphatic carbocycles. The van der Waals surface area contributed by atoms with Gasteiger partial charge in [-0.15, -0.1) is 0 Å². The first-order chi connectivity index (χ1) is 17.8. The molecular formula is C30H50NO5P. The van der Waals surface area contributed by atoms with Gasteiger partial charge in [-0.1, -0.05) is 95.2 Å². The highest BCUT2D eigenvalue weighted by atomic mass is 31.2. The van der Waals surface area contributed by atoms with E-state index in [0.29, 0.717) is 25.2 Å². The van der Waals surface area contributed by atoms with Crippen LogP contribution in [0.25, 0.3) is 0 Å². The van der Waals surface area contributed by atoms with Crippen molar-refractivity contribution in [1.29, 1.82) is 0 Å². The van der Waals surface area contributed by atoms with E-state index in [4.69, 9.17) is 4.74 Å². The molecule has 0 fully saturated rings. The number of unbranched alkanes of at least 4 members (excludes halogenated alkanes) is 11. The van der Waals surface area contributed by atoms with E-state index in [2.05, 4.69) is 31.0 Å². The summed E-state index contributed by atoms with van der Waals surface area (Å²) in [7, 11) is -4.26. The van der Waals surface area contributed by atoms with Crippen LogP contribution in [0.3, 0.4) is 0 Å². The predicted octanol–water partition coefficient (Wildman–Crippen LogP) is 7.49. The summed E-state index contributed by atoms with van der Waals surface area (Å²) >= 11 is 0. The average Bonchev–Trinajstić information content (AvgIpc) is 2.85. The first kappa shape index (κ1) is 33.1. The van der Waals surface area contributed by atoms with Crippen molar-refractivity contribution in [3.05, 3.63) is 54.6 Å². The van der Waals surface area contributed by atoms with E-state index in [-0.39, 0.29) is 12.1 Å². The minimum absolute atomic E-state index is 0.151. The Kier molecular flexibility index (Phi) is 18.9. The van der Waals surface area contributed by atoms with Crippen LogP contribution in [0, 0.1) is 0 Å². The van der Waals surface area contributed by atoms with E-state index in [9.17, 15) is 19.1 Å². The minimum atomic E-state index is -4.26. The van der Waals surface area contributed by atoms with Gasteiger partial charge < -0.3 is 19.8 Å². The Bertz CT molecular complexity index is 803. The molecule has 1 rings (SSSR count). The molecule has 210 valence electrons. The predicted molar refractivity (Wildman–Crippen MR) is 154 cm³/mol. The molecule has 0 spiro atoms. The lowest BCUT2D eigenvalue weighted by atomic mass is 10.1. The van der Waals surface area contributed by atoms with Crippen molar-refractivity contribution in [2.75, 3.05) is 12.8 Å². The number of nitrogens with one attached hydrogen (secondary N) is 1. The average molecular weight is 536 g/mol. The Balaban J connectivity index is 2.21. The van der Waals surface area contributed by atoms with E-state index in [1.54, 1.807) is 18.2 Å². The zero-order valence-corrected chi connectivity index (χ0v) is 23.8.